The standard InChI is InChI=1S/C14H29NO3S/c1-10(19(16,17)18)13(9-15)11-5-7-12(8-6-11)14(2,3)4/h10-13H,5-9,15H2,1-4H3,(H,16,17,18). The molecule has 1 fully saturated rings. The molecule has 0 saturated heterocycles. The van der Waals surface area contributed by atoms with Gasteiger partial charge in [0.05, 0.1) is 5.25 Å². The summed E-state index contributed by atoms with van der Waals surface area (Å²) in [4.78, 5) is 0. The zero-order valence-electron chi connectivity index (χ0n) is 12.6. The summed E-state index contributed by atoms with van der Waals surface area (Å²) < 4.78 is 31.8. The van der Waals surface area contributed by atoms with Crippen molar-refractivity contribution in [1.82, 2.24) is 0 Å². The molecule has 0 amide bonds. The summed E-state index contributed by atoms with van der Waals surface area (Å²) in [6.45, 7) is 8.69. The highest BCUT2D eigenvalue weighted by atomic mass is 32.2. The molecule has 0 aromatic heterocycles. The highest BCUT2D eigenvalue weighted by Crippen LogP contribution is 2.42. The average Bonchev–Trinajstić information content (AvgIpc) is 2.28. The summed E-state index contributed by atoms with van der Waals surface area (Å²) in [7, 11) is -3.99. The molecular formula is C14H29NO3S. The van der Waals surface area contributed by atoms with Crippen LogP contribution in [0.5, 0.6) is 0 Å². The SMILES string of the molecule is CC(C(CN)C1CCC(C(C)(C)C)CC1)S(=O)(=O)O. The van der Waals surface area contributed by atoms with Crippen molar-refractivity contribution < 1.29 is 13.0 Å². The first-order chi connectivity index (χ1) is 8.57. The molecule has 1 aliphatic carbocycles. The Morgan fingerprint density at radius 1 is 1.21 bits per heavy atom. The van der Waals surface area contributed by atoms with Crippen LogP contribution in [-0.4, -0.2) is 24.8 Å². The lowest BCUT2D eigenvalue weighted by Gasteiger charge is -2.40. The van der Waals surface area contributed by atoms with E-state index in [1.165, 1.54) is 0 Å². The van der Waals surface area contributed by atoms with E-state index < -0.39 is 15.4 Å². The largest absolute Gasteiger partial charge is 0.330 e. The molecular weight excluding hydrogens is 262 g/mol. The molecule has 4 nitrogen and oxygen atoms in total. The normalized spacial score (nSPS) is 28.9. The second-order valence-electron chi connectivity index (χ2n) is 7.10. The van der Waals surface area contributed by atoms with Crippen molar-refractivity contribution in [3.05, 3.63) is 0 Å². The topological polar surface area (TPSA) is 80.4 Å². The maximum Gasteiger partial charge on any atom is 0.267 e. The molecule has 19 heavy (non-hydrogen) atoms. The van der Waals surface area contributed by atoms with E-state index in [0.717, 1.165) is 25.7 Å². The van der Waals surface area contributed by atoms with Crippen LogP contribution in [0.2, 0.25) is 0 Å². The third kappa shape index (κ3) is 4.43. The minimum atomic E-state index is -3.99. The summed E-state index contributed by atoms with van der Waals surface area (Å²) in [6, 6.07) is 0. The molecule has 114 valence electrons. The van der Waals surface area contributed by atoms with Gasteiger partial charge < -0.3 is 5.73 Å². The zero-order valence-corrected chi connectivity index (χ0v) is 13.4. The molecule has 2 unspecified atom stereocenters. The Hall–Kier alpha value is -0.130. The van der Waals surface area contributed by atoms with Crippen LogP contribution >= 0.6 is 0 Å². The lowest BCUT2D eigenvalue weighted by Crippen LogP contribution is -2.39. The highest BCUT2D eigenvalue weighted by molar-refractivity contribution is 7.86. The van der Waals surface area contributed by atoms with Crippen molar-refractivity contribution in [2.24, 2.45) is 28.9 Å². The monoisotopic (exact) mass is 291 g/mol. The summed E-state index contributed by atoms with van der Waals surface area (Å²) in [5, 5.41) is -0.756. The highest BCUT2D eigenvalue weighted by Gasteiger charge is 2.37. The Labute approximate surface area is 117 Å². The van der Waals surface area contributed by atoms with Gasteiger partial charge in [0.1, 0.15) is 0 Å². The van der Waals surface area contributed by atoms with E-state index in [-0.39, 0.29) is 5.92 Å². The van der Waals surface area contributed by atoms with Gasteiger partial charge in [0, 0.05) is 0 Å². The number of rotatable bonds is 4. The lowest BCUT2D eigenvalue weighted by atomic mass is 9.67. The molecule has 0 aliphatic heterocycles. The molecule has 1 rings (SSSR count). The van der Waals surface area contributed by atoms with Crippen LogP contribution in [0, 0.1) is 23.2 Å². The van der Waals surface area contributed by atoms with Gasteiger partial charge in [-0.1, -0.05) is 20.8 Å². The summed E-state index contributed by atoms with van der Waals surface area (Å²) in [6.07, 6.45) is 4.29. The van der Waals surface area contributed by atoms with E-state index in [1.807, 2.05) is 0 Å². The van der Waals surface area contributed by atoms with Crippen LogP contribution in [0.25, 0.3) is 0 Å². The molecule has 0 spiro atoms. The number of hydrogen-bond acceptors (Lipinski definition) is 3. The second-order valence-corrected chi connectivity index (χ2v) is 8.87. The van der Waals surface area contributed by atoms with Crippen molar-refractivity contribution in [3.8, 4) is 0 Å². The van der Waals surface area contributed by atoms with Gasteiger partial charge in [-0.3, -0.25) is 4.55 Å². The lowest BCUT2D eigenvalue weighted by molar-refractivity contribution is 0.124. The van der Waals surface area contributed by atoms with E-state index >= 15 is 0 Å². The molecule has 0 aromatic carbocycles. The van der Waals surface area contributed by atoms with Crippen molar-refractivity contribution in [2.75, 3.05) is 6.54 Å². The van der Waals surface area contributed by atoms with Crippen LogP contribution in [0.3, 0.4) is 0 Å². The summed E-state index contributed by atoms with van der Waals surface area (Å²) >= 11 is 0. The molecule has 0 aromatic rings. The van der Waals surface area contributed by atoms with Crippen molar-refractivity contribution in [1.29, 1.82) is 0 Å². The Morgan fingerprint density at radius 2 is 1.68 bits per heavy atom. The van der Waals surface area contributed by atoms with Gasteiger partial charge in [-0.15, -0.1) is 0 Å². The van der Waals surface area contributed by atoms with E-state index in [0.29, 0.717) is 23.8 Å². The van der Waals surface area contributed by atoms with Gasteiger partial charge in [-0.25, -0.2) is 0 Å². The molecule has 1 saturated carbocycles. The van der Waals surface area contributed by atoms with Crippen LogP contribution in [0.1, 0.15) is 53.4 Å². The van der Waals surface area contributed by atoms with Gasteiger partial charge in [0.2, 0.25) is 0 Å². The van der Waals surface area contributed by atoms with E-state index in [2.05, 4.69) is 20.8 Å². The molecule has 5 heteroatoms. The molecule has 2 atom stereocenters. The van der Waals surface area contributed by atoms with E-state index in [1.54, 1.807) is 6.92 Å². The predicted octanol–water partition coefficient (Wildman–Crippen LogP) is 2.69. The van der Waals surface area contributed by atoms with Crippen LogP contribution in [0.15, 0.2) is 0 Å². The van der Waals surface area contributed by atoms with Crippen LogP contribution in [0.4, 0.5) is 0 Å². The number of nitrogens with two attached hydrogens (primary N) is 1. The summed E-state index contributed by atoms with van der Waals surface area (Å²) in [5.41, 5.74) is 6.06. The maximum atomic E-state index is 11.3. The minimum Gasteiger partial charge on any atom is -0.330 e. The smallest absolute Gasteiger partial charge is 0.267 e. The molecule has 3 N–H and O–H groups in total. The Morgan fingerprint density at radius 3 is 2.00 bits per heavy atom. The molecule has 0 radical (unpaired) electrons. The van der Waals surface area contributed by atoms with Gasteiger partial charge in [-0.2, -0.15) is 8.42 Å². The maximum absolute atomic E-state index is 11.3. The number of hydrogen-bond donors (Lipinski definition) is 2. The van der Waals surface area contributed by atoms with Gasteiger partial charge in [0.15, 0.2) is 0 Å². The van der Waals surface area contributed by atoms with E-state index in [4.69, 9.17) is 5.73 Å². The fourth-order valence-corrected chi connectivity index (χ4v) is 4.18. The molecule has 1 aliphatic rings. The Balaban J connectivity index is 2.68. The van der Waals surface area contributed by atoms with Gasteiger partial charge >= 0.3 is 0 Å². The van der Waals surface area contributed by atoms with Crippen LogP contribution in [-0.2, 0) is 10.1 Å². The van der Waals surface area contributed by atoms with E-state index in [9.17, 15) is 13.0 Å². The fraction of sp³-hybridized carbons (Fsp3) is 1.00. The first-order valence-corrected chi connectivity index (χ1v) is 8.74. The third-order valence-electron chi connectivity index (χ3n) is 4.95. The van der Waals surface area contributed by atoms with Crippen molar-refractivity contribution in [3.63, 3.8) is 0 Å². The predicted molar refractivity (Wildman–Crippen MR) is 78.5 cm³/mol. The Kier molecular flexibility index (Phi) is 5.43. The Bertz CT molecular complexity index is 378. The average molecular weight is 291 g/mol. The van der Waals surface area contributed by atoms with Crippen LogP contribution < -0.4 is 5.73 Å². The second kappa shape index (κ2) is 6.10. The van der Waals surface area contributed by atoms with Gasteiger partial charge in [-0.05, 0) is 62.3 Å². The summed E-state index contributed by atoms with van der Waals surface area (Å²) in [5.74, 6) is 0.889. The van der Waals surface area contributed by atoms with Crippen molar-refractivity contribution in [2.45, 2.75) is 58.6 Å². The first kappa shape index (κ1) is 16.9. The molecule has 0 heterocycles. The zero-order chi connectivity index (χ0) is 14.8. The minimum absolute atomic E-state index is 0.129. The fourth-order valence-electron chi connectivity index (χ4n) is 3.40. The van der Waals surface area contributed by atoms with Gasteiger partial charge in [0.25, 0.3) is 10.1 Å². The van der Waals surface area contributed by atoms with Crippen molar-refractivity contribution >= 4 is 10.1 Å². The quantitative estimate of drug-likeness (QED) is 0.780. The third-order valence-corrected chi connectivity index (χ3v) is 6.24. The molecule has 0 bridgehead atoms. The first-order valence-electron chi connectivity index (χ1n) is 7.23.